The van der Waals surface area contributed by atoms with Gasteiger partial charge in [0.15, 0.2) is 12.7 Å². The predicted octanol–water partition coefficient (Wildman–Crippen LogP) is 4.23. The fraction of sp³-hybridized carbons (Fsp3) is 0.192. The van der Waals surface area contributed by atoms with E-state index in [1.165, 1.54) is 31.2 Å². The molecule has 0 bridgehead atoms. The Hall–Kier alpha value is -4.04. The van der Waals surface area contributed by atoms with E-state index in [1.54, 1.807) is 49.6 Å². The zero-order valence-electron chi connectivity index (χ0n) is 19.2. The fourth-order valence-electron chi connectivity index (χ4n) is 2.98. The van der Waals surface area contributed by atoms with Gasteiger partial charge in [-0.25, -0.2) is 4.79 Å². The van der Waals surface area contributed by atoms with Crippen molar-refractivity contribution in [1.82, 2.24) is 5.32 Å². The van der Waals surface area contributed by atoms with Crippen LogP contribution in [0.15, 0.2) is 72.8 Å². The molecule has 3 rings (SSSR count). The third-order valence-electron chi connectivity index (χ3n) is 4.88. The van der Waals surface area contributed by atoms with Crippen LogP contribution >= 0.6 is 11.6 Å². The first kappa shape index (κ1) is 25.6. The summed E-state index contributed by atoms with van der Waals surface area (Å²) in [6.45, 7) is 1.49. The van der Waals surface area contributed by atoms with Gasteiger partial charge in [0.25, 0.3) is 11.8 Å². The molecule has 0 aliphatic rings. The van der Waals surface area contributed by atoms with Crippen LogP contribution in [0.2, 0.25) is 5.02 Å². The lowest BCUT2D eigenvalue weighted by Crippen LogP contribution is -2.35. The minimum Gasteiger partial charge on any atom is -0.497 e. The van der Waals surface area contributed by atoms with Crippen molar-refractivity contribution in [3.05, 3.63) is 88.9 Å². The van der Waals surface area contributed by atoms with Crippen LogP contribution in [0.3, 0.4) is 0 Å². The molecule has 0 aromatic heterocycles. The Morgan fingerprint density at radius 3 is 2.40 bits per heavy atom. The molecule has 9 heteroatoms. The van der Waals surface area contributed by atoms with Crippen LogP contribution < -0.4 is 20.1 Å². The first-order chi connectivity index (χ1) is 16.9. The Kier molecular flexibility index (Phi) is 9.09. The summed E-state index contributed by atoms with van der Waals surface area (Å²) in [6.07, 6.45) is -0.999. The number of halogens is 1. The van der Waals surface area contributed by atoms with Gasteiger partial charge >= 0.3 is 5.97 Å². The van der Waals surface area contributed by atoms with Gasteiger partial charge in [0.2, 0.25) is 0 Å². The largest absolute Gasteiger partial charge is 0.497 e. The number of nitrogens with one attached hydrogen (secondary N) is 2. The second-order valence-electron chi connectivity index (χ2n) is 7.45. The van der Waals surface area contributed by atoms with Crippen molar-refractivity contribution in [2.45, 2.75) is 19.6 Å². The van der Waals surface area contributed by atoms with Gasteiger partial charge in [0, 0.05) is 23.3 Å². The van der Waals surface area contributed by atoms with Crippen molar-refractivity contribution in [3.63, 3.8) is 0 Å². The maximum absolute atomic E-state index is 12.4. The summed E-state index contributed by atoms with van der Waals surface area (Å²) in [5.74, 6) is -0.433. The van der Waals surface area contributed by atoms with E-state index in [-0.39, 0.29) is 24.6 Å². The molecule has 3 aromatic carbocycles. The number of hydrogen-bond acceptors (Lipinski definition) is 6. The van der Waals surface area contributed by atoms with Gasteiger partial charge in [0.05, 0.1) is 12.7 Å². The van der Waals surface area contributed by atoms with Crippen molar-refractivity contribution >= 4 is 35.1 Å². The van der Waals surface area contributed by atoms with Crippen molar-refractivity contribution in [1.29, 1.82) is 0 Å². The molecule has 0 fully saturated rings. The molecule has 0 aliphatic carbocycles. The topological polar surface area (TPSA) is 103 Å². The molecule has 182 valence electrons. The molecule has 0 spiro atoms. The minimum atomic E-state index is -0.999. The number of benzene rings is 3. The van der Waals surface area contributed by atoms with Gasteiger partial charge in [-0.2, -0.15) is 0 Å². The molecule has 3 aromatic rings. The maximum Gasteiger partial charge on any atom is 0.338 e. The third-order valence-corrected chi connectivity index (χ3v) is 5.25. The number of methoxy groups -OCH3 is 1. The van der Waals surface area contributed by atoms with Gasteiger partial charge in [-0.15, -0.1) is 0 Å². The van der Waals surface area contributed by atoms with Crippen LogP contribution in [0.1, 0.15) is 22.8 Å². The van der Waals surface area contributed by atoms with Gasteiger partial charge in [-0.3, -0.25) is 9.59 Å². The average Bonchev–Trinajstić information content (AvgIpc) is 2.87. The van der Waals surface area contributed by atoms with E-state index in [1.807, 2.05) is 6.07 Å². The Morgan fingerprint density at radius 2 is 1.69 bits per heavy atom. The summed E-state index contributed by atoms with van der Waals surface area (Å²) < 4.78 is 15.8. The van der Waals surface area contributed by atoms with Crippen LogP contribution in [0.5, 0.6) is 11.5 Å². The quantitative estimate of drug-likeness (QED) is 0.407. The maximum atomic E-state index is 12.4. The van der Waals surface area contributed by atoms with Crippen LogP contribution in [-0.2, 0) is 20.9 Å². The average molecular weight is 497 g/mol. The van der Waals surface area contributed by atoms with E-state index < -0.39 is 18.0 Å². The number of esters is 1. The summed E-state index contributed by atoms with van der Waals surface area (Å²) in [6, 6.07) is 20.2. The summed E-state index contributed by atoms with van der Waals surface area (Å²) in [5.41, 5.74) is 1.58. The molecule has 0 aliphatic heterocycles. The molecular weight excluding hydrogens is 472 g/mol. The Balaban J connectivity index is 1.45. The second kappa shape index (κ2) is 12.4. The van der Waals surface area contributed by atoms with Gasteiger partial charge in [-0.1, -0.05) is 35.9 Å². The molecule has 0 saturated heterocycles. The van der Waals surface area contributed by atoms with Crippen LogP contribution in [0, 0.1) is 0 Å². The number of carbonyl (C=O) groups excluding carboxylic acids is 3. The van der Waals surface area contributed by atoms with Gasteiger partial charge in [0.1, 0.15) is 11.5 Å². The molecule has 2 N–H and O–H groups in total. The van der Waals surface area contributed by atoms with E-state index in [0.717, 1.165) is 5.56 Å². The van der Waals surface area contributed by atoms with E-state index in [0.29, 0.717) is 22.2 Å². The van der Waals surface area contributed by atoms with Crippen LogP contribution in [-0.4, -0.2) is 37.6 Å². The number of amides is 2. The van der Waals surface area contributed by atoms with E-state index >= 15 is 0 Å². The first-order valence-corrected chi connectivity index (χ1v) is 11.1. The summed E-state index contributed by atoms with van der Waals surface area (Å²) >= 11 is 6.08. The second-order valence-corrected chi connectivity index (χ2v) is 7.86. The smallest absolute Gasteiger partial charge is 0.338 e. The SMILES string of the molecule is COc1cccc(NC(=O)COc2ccc(C(=O)OC(C)C(=O)NCc3ccccc3Cl)cc2)c1. The number of hydrogen-bond donors (Lipinski definition) is 2. The van der Waals surface area contributed by atoms with Crippen molar-refractivity contribution < 1.29 is 28.6 Å². The molecule has 2 amide bonds. The lowest BCUT2D eigenvalue weighted by molar-refractivity contribution is -0.129. The molecular formula is C26H25ClN2O6. The van der Waals surface area contributed by atoms with E-state index in [9.17, 15) is 14.4 Å². The summed E-state index contributed by atoms with van der Waals surface area (Å²) in [7, 11) is 1.54. The summed E-state index contributed by atoms with van der Waals surface area (Å²) in [4.78, 5) is 36.8. The lowest BCUT2D eigenvalue weighted by atomic mass is 10.2. The highest BCUT2D eigenvalue weighted by molar-refractivity contribution is 6.31. The zero-order valence-corrected chi connectivity index (χ0v) is 20.0. The highest BCUT2D eigenvalue weighted by Gasteiger charge is 2.19. The predicted molar refractivity (Wildman–Crippen MR) is 132 cm³/mol. The molecule has 35 heavy (non-hydrogen) atoms. The normalized spacial score (nSPS) is 11.2. The highest BCUT2D eigenvalue weighted by atomic mass is 35.5. The highest BCUT2D eigenvalue weighted by Crippen LogP contribution is 2.18. The van der Waals surface area contributed by atoms with E-state index in [4.69, 9.17) is 25.8 Å². The Labute approximate surface area is 208 Å². The zero-order chi connectivity index (χ0) is 25.2. The van der Waals surface area contributed by atoms with Crippen molar-refractivity contribution in [3.8, 4) is 11.5 Å². The number of ether oxygens (including phenoxy) is 3. The minimum absolute atomic E-state index is 0.219. The molecule has 8 nitrogen and oxygen atoms in total. The molecule has 1 atom stereocenters. The molecule has 0 heterocycles. The number of carbonyl (C=O) groups is 3. The fourth-order valence-corrected chi connectivity index (χ4v) is 3.19. The lowest BCUT2D eigenvalue weighted by Gasteiger charge is -2.14. The van der Waals surface area contributed by atoms with Gasteiger partial charge in [-0.05, 0) is 55.0 Å². The monoisotopic (exact) mass is 496 g/mol. The number of anilines is 1. The summed E-state index contributed by atoms with van der Waals surface area (Å²) in [5, 5.41) is 5.94. The standard InChI is InChI=1S/C26H25ClN2O6/c1-17(25(31)28-15-19-6-3-4-9-23(19)27)35-26(32)18-10-12-21(13-11-18)34-16-24(30)29-20-7-5-8-22(14-20)33-2/h3-14,17H,15-16H2,1-2H3,(H,28,31)(H,29,30). The molecule has 0 saturated carbocycles. The van der Waals surface area contributed by atoms with Gasteiger partial charge < -0.3 is 24.8 Å². The van der Waals surface area contributed by atoms with E-state index in [2.05, 4.69) is 10.6 Å². The van der Waals surface area contributed by atoms with Crippen LogP contribution in [0.4, 0.5) is 5.69 Å². The third kappa shape index (κ3) is 7.75. The molecule has 0 radical (unpaired) electrons. The first-order valence-electron chi connectivity index (χ1n) is 10.7. The number of rotatable bonds is 10. The Bertz CT molecular complexity index is 1180. The molecule has 1 unspecified atom stereocenters. The van der Waals surface area contributed by atoms with Crippen LogP contribution in [0.25, 0.3) is 0 Å². The van der Waals surface area contributed by atoms with Crippen molar-refractivity contribution in [2.24, 2.45) is 0 Å². The van der Waals surface area contributed by atoms with Crippen molar-refractivity contribution in [2.75, 3.05) is 19.0 Å². The Morgan fingerprint density at radius 1 is 0.943 bits per heavy atom.